The molecule has 0 aliphatic rings. The number of nitrogens with zero attached hydrogens (tertiary/aromatic N) is 3. The van der Waals surface area contributed by atoms with Gasteiger partial charge in [-0.3, -0.25) is 14.2 Å². The second-order valence-electron chi connectivity index (χ2n) is 5.54. The van der Waals surface area contributed by atoms with Gasteiger partial charge in [0.05, 0.1) is 5.69 Å². The Morgan fingerprint density at radius 2 is 1.76 bits per heavy atom. The topological polar surface area (TPSA) is 76.9 Å². The fraction of sp³-hybridized carbons (Fsp3) is 0.111. The van der Waals surface area contributed by atoms with E-state index >= 15 is 0 Å². The van der Waals surface area contributed by atoms with Crippen LogP contribution in [0.3, 0.4) is 0 Å². The van der Waals surface area contributed by atoms with Crippen LogP contribution in [0.4, 0.5) is 10.2 Å². The van der Waals surface area contributed by atoms with E-state index in [0.717, 1.165) is 0 Å². The number of halogens is 1. The van der Waals surface area contributed by atoms with Crippen molar-refractivity contribution >= 4 is 11.7 Å². The molecule has 3 rings (SSSR count). The average molecular weight is 338 g/mol. The van der Waals surface area contributed by atoms with Crippen molar-refractivity contribution in [2.75, 3.05) is 5.32 Å². The Bertz CT molecular complexity index is 979. The molecule has 7 heteroatoms. The van der Waals surface area contributed by atoms with Crippen molar-refractivity contribution < 1.29 is 9.18 Å². The summed E-state index contributed by atoms with van der Waals surface area (Å²) in [4.78, 5) is 25.3. The van der Waals surface area contributed by atoms with Crippen molar-refractivity contribution in [3.8, 4) is 5.69 Å². The monoisotopic (exact) mass is 338 g/mol. The third kappa shape index (κ3) is 3.45. The van der Waals surface area contributed by atoms with Crippen LogP contribution in [0.1, 0.15) is 21.6 Å². The van der Waals surface area contributed by atoms with E-state index < -0.39 is 17.3 Å². The zero-order chi connectivity index (χ0) is 18.0. The Kier molecular flexibility index (Phi) is 4.38. The van der Waals surface area contributed by atoms with Crippen LogP contribution >= 0.6 is 0 Å². The van der Waals surface area contributed by atoms with Crippen molar-refractivity contribution in [1.82, 2.24) is 14.8 Å². The fourth-order valence-electron chi connectivity index (χ4n) is 2.35. The van der Waals surface area contributed by atoms with E-state index in [1.54, 1.807) is 38.2 Å². The Labute approximate surface area is 143 Å². The molecule has 0 bridgehead atoms. The molecule has 126 valence electrons. The summed E-state index contributed by atoms with van der Waals surface area (Å²) in [5, 5.41) is 10.3. The molecule has 1 aromatic carbocycles. The number of aromatic nitrogens is 3. The third-order valence-corrected chi connectivity index (χ3v) is 3.67. The first-order valence-corrected chi connectivity index (χ1v) is 7.55. The van der Waals surface area contributed by atoms with E-state index in [2.05, 4.69) is 15.5 Å². The van der Waals surface area contributed by atoms with Gasteiger partial charge in [0.1, 0.15) is 11.4 Å². The van der Waals surface area contributed by atoms with Crippen LogP contribution in [0.15, 0.2) is 53.5 Å². The molecule has 0 aliphatic heterocycles. The molecule has 3 aromatic rings. The van der Waals surface area contributed by atoms with Gasteiger partial charge in [-0.2, -0.15) is 5.10 Å². The predicted octanol–water partition coefficient (Wildman–Crippen LogP) is 2.64. The summed E-state index contributed by atoms with van der Waals surface area (Å²) in [7, 11) is 0. The molecule has 1 amide bonds. The molecule has 0 radical (unpaired) electrons. The number of carbonyl (C=O) groups is 1. The highest BCUT2D eigenvalue weighted by molar-refractivity contribution is 6.04. The summed E-state index contributed by atoms with van der Waals surface area (Å²) in [6.07, 6.45) is 1.55. The molecule has 0 saturated carbocycles. The van der Waals surface area contributed by atoms with Crippen molar-refractivity contribution in [2.24, 2.45) is 0 Å². The molecule has 1 N–H and O–H groups in total. The number of aryl methyl sites for hydroxylation is 2. The quantitative estimate of drug-likeness (QED) is 0.796. The highest BCUT2D eigenvalue weighted by atomic mass is 19.1. The van der Waals surface area contributed by atoms with E-state index in [9.17, 15) is 14.0 Å². The molecule has 6 nitrogen and oxygen atoms in total. The SMILES string of the molecule is Cc1ccc(NC(=O)c2c(C)ccn(-c3ccc(F)cc3)c2=O)nn1. The maximum absolute atomic E-state index is 13.1. The lowest BCUT2D eigenvalue weighted by Gasteiger charge is -2.11. The lowest BCUT2D eigenvalue weighted by Crippen LogP contribution is -2.29. The molecule has 0 spiro atoms. The second kappa shape index (κ2) is 6.64. The number of benzene rings is 1. The summed E-state index contributed by atoms with van der Waals surface area (Å²) in [6, 6.07) is 10.4. The zero-order valence-corrected chi connectivity index (χ0v) is 13.7. The number of amides is 1. The first-order chi connectivity index (χ1) is 12.0. The minimum Gasteiger partial charge on any atom is -0.305 e. The lowest BCUT2D eigenvalue weighted by molar-refractivity contribution is 0.102. The summed E-state index contributed by atoms with van der Waals surface area (Å²) in [5.74, 6) is -0.719. The third-order valence-electron chi connectivity index (χ3n) is 3.67. The summed E-state index contributed by atoms with van der Waals surface area (Å²) in [6.45, 7) is 3.45. The smallest absolute Gasteiger partial charge is 0.268 e. The molecule has 0 unspecified atom stereocenters. The van der Waals surface area contributed by atoms with Crippen LogP contribution in [0.2, 0.25) is 0 Å². The molecule has 0 aliphatic carbocycles. The maximum Gasteiger partial charge on any atom is 0.268 e. The van der Waals surface area contributed by atoms with Crippen molar-refractivity contribution in [3.63, 3.8) is 0 Å². The Hall–Kier alpha value is -3.35. The molecular formula is C18H15FN4O2. The molecule has 25 heavy (non-hydrogen) atoms. The predicted molar refractivity (Wildman–Crippen MR) is 91.5 cm³/mol. The van der Waals surface area contributed by atoms with Gasteiger partial charge in [0.15, 0.2) is 5.82 Å². The number of anilines is 1. The summed E-state index contributed by atoms with van der Waals surface area (Å²) >= 11 is 0. The van der Waals surface area contributed by atoms with Crippen LogP contribution in [0.25, 0.3) is 5.69 Å². The van der Waals surface area contributed by atoms with Gasteiger partial charge in [0, 0.05) is 11.9 Å². The van der Waals surface area contributed by atoms with Crippen LogP contribution in [-0.4, -0.2) is 20.7 Å². The van der Waals surface area contributed by atoms with Crippen LogP contribution in [-0.2, 0) is 0 Å². The van der Waals surface area contributed by atoms with Gasteiger partial charge in [-0.1, -0.05) is 0 Å². The van der Waals surface area contributed by atoms with E-state index in [4.69, 9.17) is 0 Å². The standard InChI is InChI=1S/C18H15FN4O2/c1-11-9-10-23(14-6-4-13(19)5-7-14)18(25)16(11)17(24)20-15-8-3-12(2)21-22-15/h3-10H,1-2H3,(H,20,22,24). The first kappa shape index (κ1) is 16.5. The first-order valence-electron chi connectivity index (χ1n) is 7.55. The van der Waals surface area contributed by atoms with E-state index in [0.29, 0.717) is 16.9 Å². The van der Waals surface area contributed by atoms with Gasteiger partial charge < -0.3 is 5.32 Å². The largest absolute Gasteiger partial charge is 0.305 e. The Morgan fingerprint density at radius 3 is 2.40 bits per heavy atom. The maximum atomic E-state index is 13.1. The number of nitrogens with one attached hydrogen (secondary N) is 1. The molecule has 0 atom stereocenters. The van der Waals surface area contributed by atoms with Gasteiger partial charge in [-0.05, 0) is 61.9 Å². The van der Waals surface area contributed by atoms with E-state index in [-0.39, 0.29) is 11.4 Å². The molecule has 2 aromatic heterocycles. The van der Waals surface area contributed by atoms with Gasteiger partial charge in [-0.25, -0.2) is 4.39 Å². The number of rotatable bonds is 3. The number of hydrogen-bond acceptors (Lipinski definition) is 4. The Morgan fingerprint density at radius 1 is 1.04 bits per heavy atom. The lowest BCUT2D eigenvalue weighted by atomic mass is 10.1. The van der Waals surface area contributed by atoms with E-state index in [1.807, 2.05) is 0 Å². The number of hydrogen-bond donors (Lipinski definition) is 1. The van der Waals surface area contributed by atoms with Crippen LogP contribution < -0.4 is 10.9 Å². The van der Waals surface area contributed by atoms with Crippen molar-refractivity contribution in [2.45, 2.75) is 13.8 Å². The normalized spacial score (nSPS) is 10.5. The van der Waals surface area contributed by atoms with Crippen molar-refractivity contribution in [1.29, 1.82) is 0 Å². The molecular weight excluding hydrogens is 323 g/mol. The minimum absolute atomic E-state index is 0.00537. The zero-order valence-electron chi connectivity index (χ0n) is 13.7. The molecule has 2 heterocycles. The Balaban J connectivity index is 1.99. The van der Waals surface area contributed by atoms with E-state index in [1.165, 1.54) is 28.8 Å². The highest BCUT2D eigenvalue weighted by Crippen LogP contribution is 2.11. The van der Waals surface area contributed by atoms with Crippen LogP contribution in [0, 0.1) is 19.7 Å². The van der Waals surface area contributed by atoms with Crippen LogP contribution in [0.5, 0.6) is 0 Å². The number of pyridine rings is 1. The van der Waals surface area contributed by atoms with Gasteiger partial charge in [0.25, 0.3) is 11.5 Å². The second-order valence-corrected chi connectivity index (χ2v) is 5.54. The average Bonchev–Trinajstić information content (AvgIpc) is 2.58. The van der Waals surface area contributed by atoms with Gasteiger partial charge >= 0.3 is 0 Å². The van der Waals surface area contributed by atoms with Crippen molar-refractivity contribution in [3.05, 3.63) is 81.7 Å². The fourth-order valence-corrected chi connectivity index (χ4v) is 2.35. The highest BCUT2D eigenvalue weighted by Gasteiger charge is 2.17. The summed E-state index contributed by atoms with van der Waals surface area (Å²) < 4.78 is 14.4. The number of carbonyl (C=O) groups excluding carboxylic acids is 1. The van der Waals surface area contributed by atoms with Gasteiger partial charge in [0.2, 0.25) is 0 Å². The summed E-state index contributed by atoms with van der Waals surface area (Å²) in [5.41, 5.74) is 1.21. The van der Waals surface area contributed by atoms with Gasteiger partial charge in [-0.15, -0.1) is 5.10 Å². The molecule has 0 saturated heterocycles. The minimum atomic E-state index is -0.572. The molecule has 0 fully saturated rings.